The average molecular weight is 352 g/mol. The number of para-hydroxylation sites is 1. The fraction of sp³-hybridized carbons (Fsp3) is 0.250. The fourth-order valence-corrected chi connectivity index (χ4v) is 2.67. The van der Waals surface area contributed by atoms with E-state index < -0.39 is 0 Å². The van der Waals surface area contributed by atoms with Gasteiger partial charge in [0.05, 0.1) is 0 Å². The molecule has 1 N–H and O–H groups in total. The summed E-state index contributed by atoms with van der Waals surface area (Å²) in [4.78, 5) is 0. The molecule has 3 rings (SSSR count). The number of rotatable bonds is 4. The zero-order chi connectivity index (χ0) is 14.7. The van der Waals surface area contributed by atoms with E-state index in [1.807, 2.05) is 18.2 Å². The molecule has 0 atom stereocenters. The Bertz CT molecular complexity index is 648. The van der Waals surface area contributed by atoms with Crippen molar-refractivity contribution in [1.82, 2.24) is 5.32 Å². The Morgan fingerprint density at radius 1 is 1.05 bits per heavy atom. The van der Waals surface area contributed by atoms with E-state index in [9.17, 15) is 4.39 Å². The van der Waals surface area contributed by atoms with Crippen molar-refractivity contribution >= 4 is 15.9 Å². The van der Waals surface area contributed by atoms with E-state index in [4.69, 9.17) is 9.47 Å². The first-order valence-corrected chi connectivity index (χ1v) is 7.55. The lowest BCUT2D eigenvalue weighted by molar-refractivity contribution is 0.169. The number of hydrogen-bond donors (Lipinski definition) is 1. The van der Waals surface area contributed by atoms with Crippen molar-refractivity contribution in [2.45, 2.75) is 13.1 Å². The zero-order valence-corrected chi connectivity index (χ0v) is 13.0. The Balaban J connectivity index is 1.67. The quantitative estimate of drug-likeness (QED) is 0.911. The lowest BCUT2D eigenvalue weighted by atomic mass is 10.1. The third kappa shape index (κ3) is 3.36. The molecule has 5 heteroatoms. The molecule has 1 heterocycles. The molecular formula is C16H15BrFNO2. The van der Waals surface area contributed by atoms with E-state index >= 15 is 0 Å². The minimum atomic E-state index is -0.233. The van der Waals surface area contributed by atoms with Crippen LogP contribution in [0.1, 0.15) is 11.1 Å². The van der Waals surface area contributed by atoms with Crippen LogP contribution in [-0.2, 0) is 13.1 Å². The number of fused-ring (bicyclic) bond motifs is 1. The Morgan fingerprint density at radius 2 is 1.86 bits per heavy atom. The second-order valence-corrected chi connectivity index (χ2v) is 5.63. The molecule has 1 aliphatic heterocycles. The first-order valence-electron chi connectivity index (χ1n) is 6.76. The van der Waals surface area contributed by atoms with Crippen LogP contribution in [-0.4, -0.2) is 13.2 Å². The van der Waals surface area contributed by atoms with Crippen molar-refractivity contribution in [2.24, 2.45) is 0 Å². The highest BCUT2D eigenvalue weighted by atomic mass is 79.9. The maximum Gasteiger partial charge on any atom is 0.165 e. The largest absolute Gasteiger partial charge is 0.486 e. The minimum absolute atomic E-state index is 0.233. The van der Waals surface area contributed by atoms with Gasteiger partial charge in [-0.25, -0.2) is 4.39 Å². The van der Waals surface area contributed by atoms with Crippen LogP contribution in [0.15, 0.2) is 40.9 Å². The first-order chi connectivity index (χ1) is 10.2. The molecule has 0 amide bonds. The van der Waals surface area contributed by atoms with Crippen molar-refractivity contribution in [3.8, 4) is 11.5 Å². The van der Waals surface area contributed by atoms with Crippen LogP contribution in [0.5, 0.6) is 11.5 Å². The van der Waals surface area contributed by atoms with Crippen LogP contribution in [0, 0.1) is 5.82 Å². The van der Waals surface area contributed by atoms with Crippen LogP contribution in [0.25, 0.3) is 0 Å². The van der Waals surface area contributed by atoms with Gasteiger partial charge in [0.15, 0.2) is 11.5 Å². The third-order valence-electron chi connectivity index (χ3n) is 3.29. The van der Waals surface area contributed by atoms with Gasteiger partial charge in [-0.1, -0.05) is 28.1 Å². The molecule has 3 nitrogen and oxygen atoms in total. The van der Waals surface area contributed by atoms with Gasteiger partial charge in [-0.05, 0) is 29.8 Å². The zero-order valence-electron chi connectivity index (χ0n) is 11.4. The van der Waals surface area contributed by atoms with Crippen molar-refractivity contribution in [2.75, 3.05) is 13.2 Å². The summed E-state index contributed by atoms with van der Waals surface area (Å²) in [5.74, 6) is 1.35. The predicted molar refractivity (Wildman–Crippen MR) is 82.1 cm³/mol. The van der Waals surface area contributed by atoms with Gasteiger partial charge in [-0.3, -0.25) is 0 Å². The summed E-state index contributed by atoms with van der Waals surface area (Å²) in [7, 11) is 0. The third-order valence-corrected chi connectivity index (χ3v) is 4.06. The minimum Gasteiger partial charge on any atom is -0.486 e. The van der Waals surface area contributed by atoms with Crippen molar-refractivity contribution in [1.29, 1.82) is 0 Å². The predicted octanol–water partition coefficient (Wildman–Crippen LogP) is 3.65. The van der Waals surface area contributed by atoms with Gasteiger partial charge in [0.25, 0.3) is 0 Å². The molecule has 0 bridgehead atoms. The normalized spacial score (nSPS) is 13.2. The number of benzene rings is 2. The summed E-state index contributed by atoms with van der Waals surface area (Å²) in [5, 5.41) is 3.30. The molecule has 0 aliphatic carbocycles. The van der Waals surface area contributed by atoms with Crippen LogP contribution < -0.4 is 14.8 Å². The summed E-state index contributed by atoms with van der Waals surface area (Å²) in [6.07, 6.45) is 0. The average Bonchev–Trinajstić information content (AvgIpc) is 2.51. The lowest BCUT2D eigenvalue weighted by Gasteiger charge is -2.21. The summed E-state index contributed by atoms with van der Waals surface area (Å²) in [6, 6.07) is 10.5. The van der Waals surface area contributed by atoms with Crippen LogP contribution in [0.3, 0.4) is 0 Å². The number of nitrogens with one attached hydrogen (secondary N) is 1. The van der Waals surface area contributed by atoms with E-state index in [1.54, 1.807) is 6.07 Å². The summed E-state index contributed by atoms with van der Waals surface area (Å²) < 4.78 is 25.4. The molecule has 0 saturated heterocycles. The molecule has 2 aromatic carbocycles. The summed E-state index contributed by atoms with van der Waals surface area (Å²) in [6.45, 7) is 2.36. The molecule has 0 fully saturated rings. The maximum atomic E-state index is 13.2. The number of ether oxygens (including phenoxy) is 2. The molecule has 110 valence electrons. The molecule has 0 aromatic heterocycles. The molecule has 0 saturated carbocycles. The SMILES string of the molecule is Fc1ccc(Br)c(CNCc2cccc3c2OCCO3)c1. The van der Waals surface area contributed by atoms with Crippen LogP contribution in [0.4, 0.5) is 4.39 Å². The van der Waals surface area contributed by atoms with Gasteiger partial charge < -0.3 is 14.8 Å². The van der Waals surface area contributed by atoms with Gasteiger partial charge in [-0.2, -0.15) is 0 Å². The monoisotopic (exact) mass is 351 g/mol. The second kappa shape index (κ2) is 6.45. The van der Waals surface area contributed by atoms with Gasteiger partial charge in [0.1, 0.15) is 19.0 Å². The van der Waals surface area contributed by atoms with Gasteiger partial charge in [0.2, 0.25) is 0 Å². The highest BCUT2D eigenvalue weighted by Crippen LogP contribution is 2.33. The number of halogens is 2. The van der Waals surface area contributed by atoms with Crippen molar-refractivity contribution in [3.05, 3.63) is 57.8 Å². The van der Waals surface area contributed by atoms with E-state index in [2.05, 4.69) is 21.2 Å². The van der Waals surface area contributed by atoms with E-state index in [-0.39, 0.29) is 5.82 Å². The second-order valence-electron chi connectivity index (χ2n) is 4.78. The highest BCUT2D eigenvalue weighted by molar-refractivity contribution is 9.10. The standard InChI is InChI=1S/C16H15BrFNO2/c17-14-5-4-13(18)8-12(14)10-19-9-11-2-1-3-15-16(11)21-7-6-20-15/h1-5,8,19H,6-7,9-10H2. The Kier molecular flexibility index (Phi) is 4.41. The molecule has 1 aliphatic rings. The van der Waals surface area contributed by atoms with Crippen molar-refractivity contribution in [3.63, 3.8) is 0 Å². The van der Waals surface area contributed by atoms with Gasteiger partial charge in [0, 0.05) is 23.1 Å². The van der Waals surface area contributed by atoms with Crippen LogP contribution in [0.2, 0.25) is 0 Å². The smallest absolute Gasteiger partial charge is 0.165 e. The lowest BCUT2D eigenvalue weighted by Crippen LogP contribution is -2.19. The molecule has 0 spiro atoms. The maximum absolute atomic E-state index is 13.2. The van der Waals surface area contributed by atoms with Crippen LogP contribution >= 0.6 is 15.9 Å². The summed E-state index contributed by atoms with van der Waals surface area (Å²) >= 11 is 3.43. The van der Waals surface area contributed by atoms with E-state index in [0.29, 0.717) is 26.3 Å². The molecule has 0 unspecified atom stereocenters. The van der Waals surface area contributed by atoms with Crippen molar-refractivity contribution < 1.29 is 13.9 Å². The van der Waals surface area contributed by atoms with E-state index in [0.717, 1.165) is 27.1 Å². The molecule has 21 heavy (non-hydrogen) atoms. The Morgan fingerprint density at radius 3 is 2.76 bits per heavy atom. The molecular weight excluding hydrogens is 337 g/mol. The molecule has 2 aromatic rings. The topological polar surface area (TPSA) is 30.5 Å². The molecule has 0 radical (unpaired) electrons. The van der Waals surface area contributed by atoms with E-state index in [1.165, 1.54) is 12.1 Å². The van der Waals surface area contributed by atoms with Gasteiger partial charge in [-0.15, -0.1) is 0 Å². The Labute approximate surface area is 131 Å². The van der Waals surface area contributed by atoms with Gasteiger partial charge >= 0.3 is 0 Å². The Hall–Kier alpha value is -1.59. The summed E-state index contributed by atoms with van der Waals surface area (Å²) in [5.41, 5.74) is 1.93. The fourth-order valence-electron chi connectivity index (χ4n) is 2.28. The number of hydrogen-bond acceptors (Lipinski definition) is 3. The first kappa shape index (κ1) is 14.4. The highest BCUT2D eigenvalue weighted by Gasteiger charge is 2.15.